The van der Waals surface area contributed by atoms with Gasteiger partial charge in [-0.15, -0.1) is 24.0 Å². The van der Waals surface area contributed by atoms with Gasteiger partial charge in [0.25, 0.3) is 0 Å². The third-order valence-electron chi connectivity index (χ3n) is 6.31. The highest BCUT2D eigenvalue weighted by Gasteiger charge is 2.39. The maximum atomic E-state index is 6.27. The summed E-state index contributed by atoms with van der Waals surface area (Å²) >= 11 is 0. The van der Waals surface area contributed by atoms with Crippen LogP contribution in [-0.2, 0) is 0 Å². The number of hydrogen-bond donors (Lipinski definition) is 2. The predicted molar refractivity (Wildman–Crippen MR) is 131 cm³/mol. The van der Waals surface area contributed by atoms with Crippen molar-refractivity contribution in [3.63, 3.8) is 0 Å². The lowest BCUT2D eigenvalue weighted by molar-refractivity contribution is 0.0209. The lowest BCUT2D eigenvalue weighted by Crippen LogP contribution is -2.58. The Hall–Kier alpha value is -0.860. The molecule has 0 amide bonds. The molecule has 2 heterocycles. The van der Waals surface area contributed by atoms with Gasteiger partial charge in [0.05, 0.1) is 6.54 Å². The highest BCUT2D eigenvalue weighted by atomic mass is 127. The summed E-state index contributed by atoms with van der Waals surface area (Å²) in [6, 6.07) is 8.47. The van der Waals surface area contributed by atoms with Gasteiger partial charge in [0.15, 0.2) is 5.96 Å². The van der Waals surface area contributed by atoms with Gasteiger partial charge >= 0.3 is 0 Å². The van der Waals surface area contributed by atoms with E-state index in [-0.39, 0.29) is 29.5 Å². The molecule has 2 aliphatic heterocycles. The van der Waals surface area contributed by atoms with Crippen LogP contribution in [0.25, 0.3) is 0 Å². The van der Waals surface area contributed by atoms with Crippen LogP contribution in [0.2, 0.25) is 0 Å². The van der Waals surface area contributed by atoms with Gasteiger partial charge in [0.1, 0.15) is 0 Å². The summed E-state index contributed by atoms with van der Waals surface area (Å²) in [6.45, 7) is 9.93. The van der Waals surface area contributed by atoms with E-state index in [1.54, 1.807) is 0 Å². The van der Waals surface area contributed by atoms with Crippen molar-refractivity contribution in [2.75, 3.05) is 45.1 Å². The first-order chi connectivity index (χ1) is 13.0. The third kappa shape index (κ3) is 6.07. The average molecular weight is 499 g/mol. The highest BCUT2D eigenvalue weighted by Crippen LogP contribution is 2.31. The molecule has 0 aliphatic carbocycles. The van der Waals surface area contributed by atoms with E-state index in [1.165, 1.54) is 50.8 Å². The fourth-order valence-corrected chi connectivity index (χ4v) is 4.37. The summed E-state index contributed by atoms with van der Waals surface area (Å²) in [7, 11) is 2.22. The third-order valence-corrected chi connectivity index (χ3v) is 6.31. The number of halogens is 1. The Kier molecular flexibility index (Phi) is 9.02. The number of anilines is 1. The van der Waals surface area contributed by atoms with Gasteiger partial charge < -0.3 is 16.0 Å². The fourth-order valence-electron chi connectivity index (χ4n) is 4.37. The number of nitrogens with zero attached hydrogens (tertiary/aromatic N) is 3. The van der Waals surface area contributed by atoms with Crippen molar-refractivity contribution in [2.24, 2.45) is 10.7 Å². The number of nitrogens with one attached hydrogen (secondary N) is 1. The number of benzene rings is 1. The van der Waals surface area contributed by atoms with Gasteiger partial charge in [-0.05, 0) is 82.5 Å². The van der Waals surface area contributed by atoms with E-state index in [0.717, 1.165) is 25.3 Å². The molecule has 0 atom stereocenters. The van der Waals surface area contributed by atoms with Gasteiger partial charge in [0.2, 0.25) is 0 Å². The van der Waals surface area contributed by atoms with Crippen LogP contribution < -0.4 is 11.1 Å². The standard InChI is InChI=1S/C22H37N5.HI/c1-18(2)19-8-7-9-20(16-19)25-21(23)24-17-22(10-14-26(3)15-11-22)27-12-5-4-6-13-27;/h7-9,16,18H,4-6,10-15,17H2,1-3H3,(H3,23,24,25);1H. The number of rotatable bonds is 5. The molecular formula is C22H38IN5. The van der Waals surface area contributed by atoms with E-state index in [9.17, 15) is 0 Å². The summed E-state index contributed by atoms with van der Waals surface area (Å²) in [5.74, 6) is 1.04. The molecule has 2 fully saturated rings. The van der Waals surface area contributed by atoms with Gasteiger partial charge in [-0.3, -0.25) is 9.89 Å². The van der Waals surface area contributed by atoms with E-state index in [1.807, 2.05) is 0 Å². The Bertz CT molecular complexity index is 632. The molecule has 3 N–H and O–H groups in total. The van der Waals surface area contributed by atoms with Gasteiger partial charge in [0, 0.05) is 11.2 Å². The minimum Gasteiger partial charge on any atom is -0.370 e. The first-order valence-electron chi connectivity index (χ1n) is 10.6. The molecule has 158 valence electrons. The van der Waals surface area contributed by atoms with Crippen molar-refractivity contribution < 1.29 is 0 Å². The molecule has 6 heteroatoms. The van der Waals surface area contributed by atoms with E-state index in [2.05, 4.69) is 60.3 Å². The molecule has 0 unspecified atom stereocenters. The molecule has 0 aromatic heterocycles. The van der Waals surface area contributed by atoms with Gasteiger partial charge in [-0.2, -0.15) is 0 Å². The van der Waals surface area contributed by atoms with Crippen LogP contribution in [-0.4, -0.2) is 61.1 Å². The smallest absolute Gasteiger partial charge is 0.193 e. The van der Waals surface area contributed by atoms with Crippen LogP contribution in [0.15, 0.2) is 29.3 Å². The summed E-state index contributed by atoms with van der Waals surface area (Å²) < 4.78 is 0. The van der Waals surface area contributed by atoms with E-state index < -0.39 is 0 Å². The van der Waals surface area contributed by atoms with Crippen LogP contribution in [0, 0.1) is 0 Å². The van der Waals surface area contributed by atoms with E-state index in [4.69, 9.17) is 10.7 Å². The second kappa shape index (κ2) is 10.8. The fraction of sp³-hybridized carbons (Fsp3) is 0.682. The summed E-state index contributed by atoms with van der Waals surface area (Å²) in [5, 5.41) is 3.30. The van der Waals surface area contributed by atoms with Crippen molar-refractivity contribution >= 4 is 35.6 Å². The SMILES string of the molecule is CC(C)c1cccc(NC(N)=NCC2(N3CCCCC3)CCN(C)CC2)c1.I. The number of nitrogens with two attached hydrogens (primary N) is 1. The molecule has 5 nitrogen and oxygen atoms in total. The van der Waals surface area contributed by atoms with Crippen LogP contribution in [0.5, 0.6) is 0 Å². The van der Waals surface area contributed by atoms with E-state index >= 15 is 0 Å². The lowest BCUT2D eigenvalue weighted by atomic mass is 9.84. The first-order valence-corrected chi connectivity index (χ1v) is 10.6. The molecule has 28 heavy (non-hydrogen) atoms. The maximum Gasteiger partial charge on any atom is 0.193 e. The number of hydrogen-bond acceptors (Lipinski definition) is 3. The van der Waals surface area contributed by atoms with Crippen LogP contribution in [0.3, 0.4) is 0 Å². The molecule has 0 radical (unpaired) electrons. The molecule has 2 aliphatic rings. The Morgan fingerprint density at radius 3 is 2.46 bits per heavy atom. The van der Waals surface area contributed by atoms with Gasteiger partial charge in [-0.1, -0.05) is 32.4 Å². The topological polar surface area (TPSA) is 56.9 Å². The number of piperidine rings is 2. The lowest BCUT2D eigenvalue weighted by Gasteiger charge is -2.49. The Labute approximate surface area is 188 Å². The van der Waals surface area contributed by atoms with Crippen molar-refractivity contribution in [1.29, 1.82) is 0 Å². The minimum atomic E-state index is 0. The number of likely N-dealkylation sites (tertiary alicyclic amines) is 2. The molecule has 0 spiro atoms. The van der Waals surface area contributed by atoms with Gasteiger partial charge in [-0.25, -0.2) is 0 Å². The van der Waals surface area contributed by atoms with Crippen LogP contribution in [0.1, 0.15) is 57.4 Å². The molecular weight excluding hydrogens is 461 g/mol. The largest absolute Gasteiger partial charge is 0.370 e. The average Bonchev–Trinajstić information content (AvgIpc) is 2.69. The molecule has 0 saturated carbocycles. The van der Waals surface area contributed by atoms with Crippen LogP contribution >= 0.6 is 24.0 Å². The quantitative estimate of drug-likeness (QED) is 0.364. The Morgan fingerprint density at radius 1 is 1.14 bits per heavy atom. The molecule has 3 rings (SSSR count). The molecule has 2 saturated heterocycles. The first kappa shape index (κ1) is 23.4. The van der Waals surface area contributed by atoms with Crippen LogP contribution in [0.4, 0.5) is 5.69 Å². The monoisotopic (exact) mass is 499 g/mol. The minimum absolute atomic E-state index is 0. The van der Waals surface area contributed by atoms with Crippen molar-refractivity contribution in [1.82, 2.24) is 9.80 Å². The van der Waals surface area contributed by atoms with Crippen molar-refractivity contribution in [2.45, 2.75) is 57.4 Å². The Balaban J connectivity index is 0.00000280. The zero-order chi connectivity index (χ0) is 19.3. The summed E-state index contributed by atoms with van der Waals surface area (Å²) in [5.41, 5.74) is 8.79. The number of guanidine groups is 1. The highest BCUT2D eigenvalue weighted by molar-refractivity contribution is 14.0. The van der Waals surface area contributed by atoms with Crippen molar-refractivity contribution in [3.8, 4) is 0 Å². The Morgan fingerprint density at radius 2 is 1.82 bits per heavy atom. The summed E-state index contributed by atoms with van der Waals surface area (Å²) in [4.78, 5) is 9.96. The second-order valence-electron chi connectivity index (χ2n) is 8.68. The zero-order valence-corrected chi connectivity index (χ0v) is 20.1. The molecule has 1 aromatic carbocycles. The van der Waals surface area contributed by atoms with Crippen molar-refractivity contribution in [3.05, 3.63) is 29.8 Å². The molecule has 0 bridgehead atoms. The maximum absolute atomic E-state index is 6.27. The van der Waals surface area contributed by atoms with E-state index in [0.29, 0.717) is 11.9 Å². The predicted octanol–water partition coefficient (Wildman–Crippen LogP) is 4.10. The summed E-state index contributed by atoms with van der Waals surface area (Å²) in [6.07, 6.45) is 6.37. The normalized spacial score (nSPS) is 21.4. The number of aliphatic imine (C=N–C) groups is 1. The zero-order valence-electron chi connectivity index (χ0n) is 17.8. The second-order valence-corrected chi connectivity index (χ2v) is 8.68. The molecule has 1 aromatic rings.